The Morgan fingerprint density at radius 1 is 1.78 bits per heavy atom. The minimum atomic E-state index is -0.623. The van der Waals surface area contributed by atoms with E-state index in [1.807, 2.05) is 0 Å². The minimum absolute atomic E-state index is 0.570. The molecule has 2 nitrogen and oxygen atoms in total. The zero-order chi connectivity index (χ0) is 6.85. The Kier molecular flexibility index (Phi) is 2.16. The average Bonchev–Trinajstić information content (AvgIpc) is 1.80. The Labute approximate surface area is 66.3 Å². The summed E-state index contributed by atoms with van der Waals surface area (Å²) in [6, 6.07) is 0. The summed E-state index contributed by atoms with van der Waals surface area (Å²) in [6.07, 6.45) is 2.49. The number of hydrogen-bond donors (Lipinski definition) is 2. The molecule has 1 unspecified atom stereocenters. The first kappa shape index (κ1) is 7.12. The van der Waals surface area contributed by atoms with Gasteiger partial charge in [-0.3, -0.25) is 0 Å². The maximum absolute atomic E-state index is 8.88. The Morgan fingerprint density at radius 2 is 2.44 bits per heavy atom. The topological polar surface area (TPSA) is 32.3 Å². The van der Waals surface area contributed by atoms with E-state index in [2.05, 4.69) is 21.2 Å². The summed E-state index contributed by atoms with van der Waals surface area (Å²) in [5.41, 5.74) is 0. The third kappa shape index (κ3) is 1.71. The van der Waals surface area contributed by atoms with E-state index in [0.717, 1.165) is 4.48 Å². The van der Waals surface area contributed by atoms with E-state index in [0.29, 0.717) is 5.03 Å². The molecule has 0 aliphatic carbocycles. The van der Waals surface area contributed by atoms with E-state index in [-0.39, 0.29) is 0 Å². The normalized spacial score (nSPS) is 26.3. The van der Waals surface area contributed by atoms with Crippen molar-refractivity contribution in [1.82, 2.24) is 5.32 Å². The number of dihydropyridines is 1. The van der Waals surface area contributed by atoms with Crippen molar-refractivity contribution in [1.29, 1.82) is 0 Å². The Balaban J connectivity index is 2.75. The molecule has 1 atom stereocenters. The zero-order valence-corrected chi connectivity index (χ0v) is 6.78. The molecule has 0 bridgehead atoms. The second-order valence-corrected chi connectivity index (χ2v) is 2.88. The van der Waals surface area contributed by atoms with Gasteiger partial charge in [0.25, 0.3) is 0 Å². The molecule has 0 saturated carbocycles. The molecule has 0 aromatic heterocycles. The van der Waals surface area contributed by atoms with Crippen molar-refractivity contribution in [2.75, 3.05) is 0 Å². The van der Waals surface area contributed by atoms with E-state index < -0.39 is 6.23 Å². The number of aliphatic hydroxyl groups excluding tert-OH is 1. The first-order valence-corrected chi connectivity index (χ1v) is 3.55. The van der Waals surface area contributed by atoms with Gasteiger partial charge in [0.15, 0.2) is 0 Å². The van der Waals surface area contributed by atoms with Crippen LogP contribution < -0.4 is 5.32 Å². The van der Waals surface area contributed by atoms with Crippen molar-refractivity contribution < 1.29 is 5.11 Å². The summed E-state index contributed by atoms with van der Waals surface area (Å²) in [4.78, 5) is 0. The van der Waals surface area contributed by atoms with Crippen LogP contribution in [0.15, 0.2) is 21.8 Å². The number of nitrogens with one attached hydrogen (secondary N) is 1. The molecule has 1 aliphatic rings. The lowest BCUT2D eigenvalue weighted by Crippen LogP contribution is -2.23. The third-order valence-electron chi connectivity index (χ3n) is 0.913. The molecule has 4 heteroatoms. The monoisotopic (exact) mass is 209 g/mol. The van der Waals surface area contributed by atoms with Crippen molar-refractivity contribution in [3.8, 4) is 0 Å². The van der Waals surface area contributed by atoms with Gasteiger partial charge in [-0.15, -0.1) is 0 Å². The Hall–Kier alpha value is 0.01000. The molecular formula is C5H5BrClNO. The van der Waals surface area contributed by atoms with Gasteiger partial charge in [0.1, 0.15) is 6.23 Å². The van der Waals surface area contributed by atoms with Gasteiger partial charge in [0.2, 0.25) is 0 Å². The standard InChI is InChI=1S/C5H5BrClNO/c6-3-1-5(9)8-2-4(3)7/h1-2,5,8-9H. The van der Waals surface area contributed by atoms with Crippen LogP contribution in [0.25, 0.3) is 0 Å². The van der Waals surface area contributed by atoms with E-state index in [1.54, 1.807) is 6.08 Å². The number of rotatable bonds is 0. The number of allylic oxidation sites excluding steroid dienone is 2. The van der Waals surface area contributed by atoms with E-state index >= 15 is 0 Å². The van der Waals surface area contributed by atoms with Crippen molar-refractivity contribution in [3.05, 3.63) is 21.8 Å². The highest BCUT2D eigenvalue weighted by Crippen LogP contribution is 2.22. The molecular weight excluding hydrogens is 205 g/mol. The SMILES string of the molecule is OC1C=C(Br)C(Cl)=CN1. The lowest BCUT2D eigenvalue weighted by Gasteiger charge is -2.12. The third-order valence-corrected chi connectivity index (χ3v) is 2.15. The highest BCUT2D eigenvalue weighted by molar-refractivity contribution is 9.12. The fourth-order valence-electron chi connectivity index (χ4n) is 0.494. The van der Waals surface area contributed by atoms with Crippen molar-refractivity contribution in [3.63, 3.8) is 0 Å². The fraction of sp³-hybridized carbons (Fsp3) is 0.200. The average molecular weight is 210 g/mol. The Bertz CT molecular complexity index is 178. The van der Waals surface area contributed by atoms with E-state index in [4.69, 9.17) is 16.7 Å². The Morgan fingerprint density at radius 3 is 2.89 bits per heavy atom. The van der Waals surface area contributed by atoms with Crippen LogP contribution in [0.3, 0.4) is 0 Å². The summed E-state index contributed by atoms with van der Waals surface area (Å²) in [7, 11) is 0. The van der Waals surface area contributed by atoms with Gasteiger partial charge in [-0.05, 0) is 22.0 Å². The van der Waals surface area contributed by atoms with Gasteiger partial charge in [-0.1, -0.05) is 11.6 Å². The second kappa shape index (κ2) is 2.73. The summed E-state index contributed by atoms with van der Waals surface area (Å²) in [5.74, 6) is 0. The predicted octanol–water partition coefficient (Wildman–Crippen LogP) is 1.27. The van der Waals surface area contributed by atoms with E-state index in [1.165, 1.54) is 6.20 Å². The van der Waals surface area contributed by atoms with Crippen LogP contribution in [0.1, 0.15) is 0 Å². The molecule has 9 heavy (non-hydrogen) atoms. The van der Waals surface area contributed by atoms with Crippen molar-refractivity contribution in [2.45, 2.75) is 6.23 Å². The van der Waals surface area contributed by atoms with Gasteiger partial charge >= 0.3 is 0 Å². The molecule has 0 radical (unpaired) electrons. The van der Waals surface area contributed by atoms with Crippen LogP contribution >= 0.6 is 27.5 Å². The summed E-state index contributed by atoms with van der Waals surface area (Å²) < 4.78 is 0.718. The minimum Gasteiger partial charge on any atom is -0.370 e. The van der Waals surface area contributed by atoms with Crippen LogP contribution in [-0.4, -0.2) is 11.3 Å². The highest BCUT2D eigenvalue weighted by atomic mass is 79.9. The lowest BCUT2D eigenvalue weighted by atomic mass is 10.4. The van der Waals surface area contributed by atoms with Gasteiger partial charge in [-0.25, -0.2) is 0 Å². The maximum atomic E-state index is 8.88. The van der Waals surface area contributed by atoms with Crippen LogP contribution in [0.4, 0.5) is 0 Å². The smallest absolute Gasteiger partial charge is 0.144 e. The molecule has 50 valence electrons. The molecule has 0 spiro atoms. The van der Waals surface area contributed by atoms with Crippen molar-refractivity contribution in [2.24, 2.45) is 0 Å². The highest BCUT2D eigenvalue weighted by Gasteiger charge is 2.07. The molecule has 0 saturated heterocycles. The summed E-state index contributed by atoms with van der Waals surface area (Å²) in [5, 5.41) is 12.1. The maximum Gasteiger partial charge on any atom is 0.144 e. The molecule has 0 amide bonds. The second-order valence-electron chi connectivity index (χ2n) is 1.62. The lowest BCUT2D eigenvalue weighted by molar-refractivity contribution is 0.200. The summed E-state index contributed by atoms with van der Waals surface area (Å²) >= 11 is 8.76. The first-order valence-electron chi connectivity index (χ1n) is 2.37. The van der Waals surface area contributed by atoms with Crippen molar-refractivity contribution >= 4 is 27.5 Å². The number of hydrogen-bond acceptors (Lipinski definition) is 2. The van der Waals surface area contributed by atoms with Gasteiger partial charge in [-0.2, -0.15) is 0 Å². The fourth-order valence-corrected chi connectivity index (χ4v) is 0.985. The summed E-state index contributed by atoms with van der Waals surface area (Å²) in [6.45, 7) is 0. The van der Waals surface area contributed by atoms with Gasteiger partial charge in [0.05, 0.1) is 5.03 Å². The van der Waals surface area contributed by atoms with Gasteiger partial charge in [0, 0.05) is 10.7 Å². The molecule has 1 aliphatic heterocycles. The van der Waals surface area contributed by atoms with Gasteiger partial charge < -0.3 is 10.4 Å². The molecule has 2 N–H and O–H groups in total. The van der Waals surface area contributed by atoms with Crippen LogP contribution in [-0.2, 0) is 0 Å². The van der Waals surface area contributed by atoms with Crippen LogP contribution in [0.5, 0.6) is 0 Å². The molecule has 0 fully saturated rings. The molecule has 0 aromatic carbocycles. The van der Waals surface area contributed by atoms with Crippen LogP contribution in [0, 0.1) is 0 Å². The predicted molar refractivity (Wildman–Crippen MR) is 40.1 cm³/mol. The molecule has 1 heterocycles. The molecule has 0 aromatic rings. The largest absolute Gasteiger partial charge is 0.370 e. The first-order chi connectivity index (χ1) is 4.20. The van der Waals surface area contributed by atoms with Crippen LogP contribution in [0.2, 0.25) is 0 Å². The number of aliphatic hydroxyl groups is 1. The molecule has 1 rings (SSSR count). The zero-order valence-electron chi connectivity index (χ0n) is 4.44. The van der Waals surface area contributed by atoms with E-state index in [9.17, 15) is 0 Å². The number of halogens is 2. The quantitative estimate of drug-likeness (QED) is 0.631.